The molecule has 0 heterocycles. The van der Waals surface area contributed by atoms with E-state index in [0.717, 1.165) is 22.3 Å². The quantitative estimate of drug-likeness (QED) is 0.0899. The van der Waals surface area contributed by atoms with Crippen LogP contribution in [-0.4, -0.2) is 35.2 Å². The molecule has 0 spiro atoms. The maximum Gasteiger partial charge on any atom is 0.408 e. The van der Waals surface area contributed by atoms with Crippen molar-refractivity contribution in [3.8, 4) is 0 Å². The monoisotopic (exact) mass is 636 g/mol. The summed E-state index contributed by atoms with van der Waals surface area (Å²) in [6.07, 6.45) is -0.677. The van der Waals surface area contributed by atoms with Gasteiger partial charge in [0.15, 0.2) is 0 Å². The summed E-state index contributed by atoms with van der Waals surface area (Å²) in [4.78, 5) is 53.4. The van der Waals surface area contributed by atoms with E-state index in [2.05, 4.69) is 10.6 Å². The number of alkyl carbamates (subject to hydrolysis) is 2. The molecular weight excluding hydrogens is 596 g/mol. The highest BCUT2D eigenvalue weighted by molar-refractivity contribution is 5.97. The van der Waals surface area contributed by atoms with Gasteiger partial charge >= 0.3 is 24.1 Å². The summed E-state index contributed by atoms with van der Waals surface area (Å²) in [5.41, 5.74) is 0.0955. The average molecular weight is 637 g/mol. The molecule has 9 nitrogen and oxygen atoms in total. The third kappa shape index (κ3) is 10.8. The zero-order chi connectivity index (χ0) is 33.5. The van der Waals surface area contributed by atoms with Crippen molar-refractivity contribution < 1.29 is 33.4 Å². The van der Waals surface area contributed by atoms with Crippen LogP contribution in [0.2, 0.25) is 0 Å². The van der Waals surface area contributed by atoms with Gasteiger partial charge in [0.2, 0.25) is 0 Å². The van der Waals surface area contributed by atoms with Crippen LogP contribution in [0.5, 0.6) is 0 Å². The number of hydrogen-bond acceptors (Lipinski definition) is 7. The minimum Gasteiger partial charge on any atom is -0.445 e. The minimum atomic E-state index is -1.65. The molecule has 0 bridgehead atoms. The molecule has 0 aliphatic heterocycles. The number of amides is 2. The van der Waals surface area contributed by atoms with Crippen molar-refractivity contribution >= 4 is 24.1 Å². The van der Waals surface area contributed by atoms with Gasteiger partial charge in [0.1, 0.15) is 24.3 Å². The fourth-order valence-corrected chi connectivity index (χ4v) is 4.79. The van der Waals surface area contributed by atoms with E-state index in [1.165, 1.54) is 13.8 Å². The van der Waals surface area contributed by atoms with Crippen molar-refractivity contribution in [3.63, 3.8) is 0 Å². The van der Waals surface area contributed by atoms with E-state index in [1.807, 2.05) is 121 Å². The lowest BCUT2D eigenvalue weighted by atomic mass is 9.91. The summed E-state index contributed by atoms with van der Waals surface area (Å²) in [6.45, 7) is 2.94. The summed E-state index contributed by atoms with van der Waals surface area (Å²) in [5, 5.41) is 5.26. The molecule has 4 aromatic carbocycles. The van der Waals surface area contributed by atoms with Crippen LogP contribution in [0.4, 0.5) is 9.59 Å². The van der Waals surface area contributed by atoms with Gasteiger partial charge < -0.3 is 24.8 Å². The molecule has 0 unspecified atom stereocenters. The van der Waals surface area contributed by atoms with Crippen molar-refractivity contribution in [1.29, 1.82) is 0 Å². The number of ether oxygens (including phenoxy) is 3. The number of aryl methyl sites for hydroxylation is 2. The van der Waals surface area contributed by atoms with Gasteiger partial charge in [-0.1, -0.05) is 121 Å². The van der Waals surface area contributed by atoms with Gasteiger partial charge in [-0.15, -0.1) is 0 Å². The lowest BCUT2D eigenvalue weighted by molar-refractivity contribution is -0.168. The van der Waals surface area contributed by atoms with E-state index in [0.29, 0.717) is 12.8 Å². The van der Waals surface area contributed by atoms with Gasteiger partial charge in [0, 0.05) is 0 Å². The lowest BCUT2D eigenvalue weighted by Gasteiger charge is -2.31. The molecule has 0 saturated heterocycles. The topological polar surface area (TPSA) is 120 Å². The van der Waals surface area contributed by atoms with Crippen molar-refractivity contribution in [2.24, 2.45) is 0 Å². The molecule has 0 aromatic heterocycles. The second-order valence-corrected chi connectivity index (χ2v) is 11.7. The Labute approximate surface area is 275 Å². The molecule has 0 saturated carbocycles. The smallest absolute Gasteiger partial charge is 0.408 e. The van der Waals surface area contributed by atoms with Crippen LogP contribution < -0.4 is 10.6 Å². The second kappa shape index (κ2) is 16.7. The molecule has 0 aliphatic rings. The Balaban J connectivity index is 1.49. The Morgan fingerprint density at radius 2 is 0.787 bits per heavy atom. The molecular formula is C38H40N2O7. The van der Waals surface area contributed by atoms with Crippen molar-refractivity contribution in [1.82, 2.24) is 10.6 Å². The van der Waals surface area contributed by atoms with E-state index in [-0.39, 0.29) is 26.1 Å². The first kappa shape index (κ1) is 34.4. The Morgan fingerprint density at radius 1 is 0.489 bits per heavy atom. The van der Waals surface area contributed by atoms with E-state index < -0.39 is 35.2 Å². The normalized spacial score (nSPS) is 13.2. The summed E-state index contributed by atoms with van der Waals surface area (Å²) in [5.74, 6) is -1.97. The van der Waals surface area contributed by atoms with Crippen molar-refractivity contribution in [3.05, 3.63) is 144 Å². The fraction of sp³-hybridized carbons (Fsp3) is 0.263. The first-order valence-corrected chi connectivity index (χ1v) is 15.5. The maximum atomic E-state index is 13.8. The highest BCUT2D eigenvalue weighted by Gasteiger charge is 2.43. The average Bonchev–Trinajstić information content (AvgIpc) is 3.10. The Kier molecular flexibility index (Phi) is 12.3. The predicted octanol–water partition coefficient (Wildman–Crippen LogP) is 6.69. The zero-order valence-electron chi connectivity index (χ0n) is 26.6. The molecule has 4 aromatic rings. The highest BCUT2D eigenvalue weighted by Crippen LogP contribution is 2.22. The van der Waals surface area contributed by atoms with Gasteiger partial charge in [-0.05, 0) is 61.8 Å². The molecule has 9 heteroatoms. The minimum absolute atomic E-state index is 0.0119. The number of carbonyl (C=O) groups excluding carboxylic acids is 4. The molecule has 0 radical (unpaired) electrons. The summed E-state index contributed by atoms with van der Waals surface area (Å²) in [7, 11) is 0. The van der Waals surface area contributed by atoms with Gasteiger partial charge in [0.25, 0.3) is 0 Å². The second-order valence-electron chi connectivity index (χ2n) is 11.7. The molecule has 4 rings (SSSR count). The van der Waals surface area contributed by atoms with Gasteiger partial charge in [0.05, 0.1) is 0 Å². The summed E-state index contributed by atoms with van der Waals surface area (Å²) in [6, 6.07) is 37.1. The molecule has 47 heavy (non-hydrogen) atoms. The van der Waals surface area contributed by atoms with Crippen LogP contribution >= 0.6 is 0 Å². The van der Waals surface area contributed by atoms with Crippen molar-refractivity contribution in [2.45, 2.75) is 63.8 Å². The van der Waals surface area contributed by atoms with Crippen LogP contribution in [0.25, 0.3) is 0 Å². The Bertz CT molecular complexity index is 1480. The van der Waals surface area contributed by atoms with Crippen LogP contribution in [0.15, 0.2) is 121 Å². The van der Waals surface area contributed by atoms with E-state index in [1.54, 1.807) is 0 Å². The molecule has 2 amide bonds. The van der Waals surface area contributed by atoms with Crippen LogP contribution in [0.3, 0.4) is 0 Å². The molecule has 0 aliphatic carbocycles. The van der Waals surface area contributed by atoms with E-state index in [4.69, 9.17) is 14.2 Å². The lowest BCUT2D eigenvalue weighted by Crippen LogP contribution is -2.58. The van der Waals surface area contributed by atoms with Gasteiger partial charge in [-0.2, -0.15) is 0 Å². The first-order valence-electron chi connectivity index (χ1n) is 15.5. The fourth-order valence-electron chi connectivity index (χ4n) is 4.79. The number of nitrogens with one attached hydrogen (secondary N) is 2. The Morgan fingerprint density at radius 3 is 1.11 bits per heavy atom. The molecule has 2 atom stereocenters. The maximum absolute atomic E-state index is 13.8. The first-order chi connectivity index (χ1) is 22.6. The summed E-state index contributed by atoms with van der Waals surface area (Å²) < 4.78 is 16.2. The van der Waals surface area contributed by atoms with Gasteiger partial charge in [-0.25, -0.2) is 19.2 Å². The standard InChI is InChI=1S/C38H40N2O7/c1-37(25-23-29-15-7-3-8-16-29,39-35(43)45-27-31-19-11-5-12-20-31)33(41)47-34(42)38(2,26-24-30-17-9-4-10-18-30)40-36(44)46-28-32-21-13-6-14-22-32/h3-22H,23-28H2,1-2H3,(H,39,43)(H,40,44)/t37-,38-/m1/s1. The third-order valence-electron chi connectivity index (χ3n) is 7.78. The molecule has 244 valence electrons. The zero-order valence-corrected chi connectivity index (χ0v) is 26.6. The molecule has 2 N–H and O–H groups in total. The SMILES string of the molecule is C[C@](CCc1ccccc1)(NC(=O)OCc1ccccc1)C(=O)OC(=O)[C@@](C)(CCc1ccccc1)NC(=O)OCc1ccccc1. The van der Waals surface area contributed by atoms with Crippen molar-refractivity contribution in [2.75, 3.05) is 0 Å². The number of hydrogen-bond donors (Lipinski definition) is 2. The van der Waals surface area contributed by atoms with Crippen LogP contribution in [-0.2, 0) is 49.9 Å². The predicted molar refractivity (Wildman–Crippen MR) is 177 cm³/mol. The van der Waals surface area contributed by atoms with E-state index in [9.17, 15) is 19.2 Å². The number of rotatable bonds is 14. The van der Waals surface area contributed by atoms with Crippen LogP contribution in [0.1, 0.15) is 48.9 Å². The Hall–Kier alpha value is -5.44. The largest absolute Gasteiger partial charge is 0.445 e. The van der Waals surface area contributed by atoms with Crippen LogP contribution in [0, 0.1) is 0 Å². The highest BCUT2D eigenvalue weighted by atomic mass is 16.6. The van der Waals surface area contributed by atoms with E-state index >= 15 is 0 Å². The molecule has 0 fully saturated rings. The third-order valence-corrected chi connectivity index (χ3v) is 7.78. The summed E-state index contributed by atoms with van der Waals surface area (Å²) >= 11 is 0. The number of benzene rings is 4. The number of carbonyl (C=O) groups is 4. The number of esters is 2. The van der Waals surface area contributed by atoms with Gasteiger partial charge in [-0.3, -0.25) is 0 Å².